The topological polar surface area (TPSA) is 18.5 Å². The molecule has 0 aliphatic rings. The van der Waals surface area contributed by atoms with Gasteiger partial charge < -0.3 is 9.47 Å². The molecule has 0 saturated carbocycles. The first-order chi connectivity index (χ1) is 7.77. The minimum atomic E-state index is -0.386. The number of unbranched alkanes of at least 4 members (excludes halogenated alkanes) is 1. The Kier molecular flexibility index (Phi) is 5.40. The third-order valence-corrected chi connectivity index (χ3v) is 2.02. The fourth-order valence-electron chi connectivity index (χ4n) is 1.26. The van der Waals surface area contributed by atoms with Crippen LogP contribution in [0.15, 0.2) is 30.9 Å². The van der Waals surface area contributed by atoms with Crippen molar-refractivity contribution in [1.82, 2.24) is 0 Å². The standard InChI is InChI=1S/C13H17FO2/c1-3-5-6-9-16-11-7-8-13(15-4-2)12(14)10-11/h3,7-8,10H,1,4-6,9H2,2H3. The molecule has 1 rings (SSSR count). The molecule has 0 N–H and O–H groups in total. The highest BCUT2D eigenvalue weighted by atomic mass is 19.1. The van der Waals surface area contributed by atoms with Crippen molar-refractivity contribution in [2.24, 2.45) is 0 Å². The van der Waals surface area contributed by atoms with E-state index in [1.54, 1.807) is 12.1 Å². The lowest BCUT2D eigenvalue weighted by atomic mass is 10.3. The maximum absolute atomic E-state index is 13.4. The Balaban J connectivity index is 2.49. The SMILES string of the molecule is C=CCCCOc1ccc(OCC)c(F)c1. The number of halogens is 1. The van der Waals surface area contributed by atoms with Crippen molar-refractivity contribution in [2.45, 2.75) is 19.8 Å². The average Bonchev–Trinajstić information content (AvgIpc) is 2.28. The molecule has 0 fully saturated rings. The van der Waals surface area contributed by atoms with Crippen molar-refractivity contribution in [3.05, 3.63) is 36.7 Å². The second-order valence-corrected chi connectivity index (χ2v) is 3.30. The number of allylic oxidation sites excluding steroid dienone is 1. The number of hydrogen-bond donors (Lipinski definition) is 0. The first-order valence-corrected chi connectivity index (χ1v) is 5.44. The van der Waals surface area contributed by atoms with Crippen LogP contribution in [0.5, 0.6) is 11.5 Å². The number of rotatable bonds is 7. The third-order valence-electron chi connectivity index (χ3n) is 2.02. The Morgan fingerprint density at radius 1 is 1.38 bits per heavy atom. The van der Waals surface area contributed by atoms with Crippen molar-refractivity contribution in [2.75, 3.05) is 13.2 Å². The zero-order valence-corrected chi connectivity index (χ0v) is 9.54. The molecule has 0 aromatic heterocycles. The predicted octanol–water partition coefficient (Wildman–Crippen LogP) is 3.57. The van der Waals surface area contributed by atoms with Gasteiger partial charge in [0.2, 0.25) is 0 Å². The number of hydrogen-bond acceptors (Lipinski definition) is 2. The van der Waals surface area contributed by atoms with E-state index >= 15 is 0 Å². The predicted molar refractivity (Wildman–Crippen MR) is 62.5 cm³/mol. The van der Waals surface area contributed by atoms with Gasteiger partial charge in [-0.05, 0) is 31.9 Å². The molecule has 0 bridgehead atoms. The van der Waals surface area contributed by atoms with Gasteiger partial charge in [0.1, 0.15) is 5.75 Å². The van der Waals surface area contributed by atoms with Crippen LogP contribution in [0.1, 0.15) is 19.8 Å². The molecule has 0 amide bonds. The van der Waals surface area contributed by atoms with Crippen LogP contribution in [0.4, 0.5) is 4.39 Å². The first kappa shape index (κ1) is 12.6. The molecule has 0 aliphatic carbocycles. The summed E-state index contributed by atoms with van der Waals surface area (Å²) in [5.41, 5.74) is 0. The summed E-state index contributed by atoms with van der Waals surface area (Å²) in [6.07, 6.45) is 3.62. The van der Waals surface area contributed by atoms with E-state index in [0.29, 0.717) is 19.0 Å². The largest absolute Gasteiger partial charge is 0.493 e. The Hall–Kier alpha value is -1.51. The fraction of sp³-hybridized carbons (Fsp3) is 0.385. The maximum atomic E-state index is 13.4. The van der Waals surface area contributed by atoms with E-state index in [9.17, 15) is 4.39 Å². The second-order valence-electron chi connectivity index (χ2n) is 3.30. The van der Waals surface area contributed by atoms with Crippen LogP contribution >= 0.6 is 0 Å². The molecule has 1 aromatic carbocycles. The highest BCUT2D eigenvalue weighted by Gasteiger charge is 2.04. The molecule has 0 spiro atoms. The van der Waals surface area contributed by atoms with E-state index in [2.05, 4.69) is 6.58 Å². The van der Waals surface area contributed by atoms with Gasteiger partial charge in [0.15, 0.2) is 11.6 Å². The van der Waals surface area contributed by atoms with Gasteiger partial charge in [-0.2, -0.15) is 0 Å². The molecular formula is C13H17FO2. The minimum absolute atomic E-state index is 0.265. The van der Waals surface area contributed by atoms with Crippen LogP contribution in [0.25, 0.3) is 0 Å². The maximum Gasteiger partial charge on any atom is 0.168 e. The van der Waals surface area contributed by atoms with Crippen LogP contribution < -0.4 is 9.47 Å². The summed E-state index contributed by atoms with van der Waals surface area (Å²) in [5, 5.41) is 0. The average molecular weight is 224 g/mol. The van der Waals surface area contributed by atoms with Crippen molar-refractivity contribution in [3.63, 3.8) is 0 Å². The molecule has 0 aliphatic heterocycles. The zero-order valence-electron chi connectivity index (χ0n) is 9.54. The van der Waals surface area contributed by atoms with Gasteiger partial charge in [-0.1, -0.05) is 6.08 Å². The molecule has 3 heteroatoms. The molecule has 0 atom stereocenters. The van der Waals surface area contributed by atoms with Crippen LogP contribution in [-0.4, -0.2) is 13.2 Å². The molecule has 0 unspecified atom stereocenters. The third kappa shape index (κ3) is 3.93. The quantitative estimate of drug-likeness (QED) is 0.520. The summed E-state index contributed by atoms with van der Waals surface area (Å²) >= 11 is 0. The van der Waals surface area contributed by atoms with Gasteiger partial charge in [0, 0.05) is 6.07 Å². The van der Waals surface area contributed by atoms with Crippen LogP contribution in [0, 0.1) is 5.82 Å². The molecule has 0 radical (unpaired) electrons. The Labute approximate surface area is 95.7 Å². The lowest BCUT2D eigenvalue weighted by Gasteiger charge is -2.08. The van der Waals surface area contributed by atoms with Gasteiger partial charge in [0.05, 0.1) is 13.2 Å². The van der Waals surface area contributed by atoms with Crippen molar-refractivity contribution in [3.8, 4) is 11.5 Å². The Morgan fingerprint density at radius 3 is 2.81 bits per heavy atom. The summed E-state index contributed by atoms with van der Waals surface area (Å²) in [6.45, 7) is 6.46. The highest BCUT2D eigenvalue weighted by molar-refractivity contribution is 5.33. The van der Waals surface area contributed by atoms with E-state index in [0.717, 1.165) is 12.8 Å². The van der Waals surface area contributed by atoms with Gasteiger partial charge in [-0.25, -0.2) is 4.39 Å². The van der Waals surface area contributed by atoms with E-state index < -0.39 is 0 Å². The summed E-state index contributed by atoms with van der Waals surface area (Å²) in [7, 11) is 0. The summed E-state index contributed by atoms with van der Waals surface area (Å²) in [6, 6.07) is 4.64. The van der Waals surface area contributed by atoms with Crippen LogP contribution in [0.3, 0.4) is 0 Å². The number of ether oxygens (including phenoxy) is 2. The van der Waals surface area contributed by atoms with E-state index in [-0.39, 0.29) is 11.6 Å². The molecule has 0 saturated heterocycles. The van der Waals surface area contributed by atoms with E-state index in [1.165, 1.54) is 6.07 Å². The monoisotopic (exact) mass is 224 g/mol. The van der Waals surface area contributed by atoms with Crippen LogP contribution in [0.2, 0.25) is 0 Å². The lowest BCUT2D eigenvalue weighted by molar-refractivity contribution is 0.302. The smallest absolute Gasteiger partial charge is 0.168 e. The minimum Gasteiger partial charge on any atom is -0.493 e. The Morgan fingerprint density at radius 2 is 2.19 bits per heavy atom. The summed E-state index contributed by atoms with van der Waals surface area (Å²) in [4.78, 5) is 0. The lowest BCUT2D eigenvalue weighted by Crippen LogP contribution is -1.99. The van der Waals surface area contributed by atoms with E-state index in [1.807, 2.05) is 13.0 Å². The molecule has 0 heterocycles. The van der Waals surface area contributed by atoms with E-state index in [4.69, 9.17) is 9.47 Å². The molecular weight excluding hydrogens is 207 g/mol. The van der Waals surface area contributed by atoms with Gasteiger partial charge in [0.25, 0.3) is 0 Å². The van der Waals surface area contributed by atoms with Gasteiger partial charge in [-0.3, -0.25) is 0 Å². The fourth-order valence-corrected chi connectivity index (χ4v) is 1.26. The van der Waals surface area contributed by atoms with Gasteiger partial charge >= 0.3 is 0 Å². The summed E-state index contributed by atoms with van der Waals surface area (Å²) in [5.74, 6) is 0.411. The van der Waals surface area contributed by atoms with Crippen LogP contribution in [-0.2, 0) is 0 Å². The molecule has 16 heavy (non-hydrogen) atoms. The second kappa shape index (κ2) is 6.88. The van der Waals surface area contributed by atoms with Crippen molar-refractivity contribution >= 4 is 0 Å². The van der Waals surface area contributed by atoms with Crippen molar-refractivity contribution in [1.29, 1.82) is 0 Å². The number of benzene rings is 1. The first-order valence-electron chi connectivity index (χ1n) is 5.44. The Bertz CT molecular complexity index is 337. The van der Waals surface area contributed by atoms with Gasteiger partial charge in [-0.15, -0.1) is 6.58 Å². The molecule has 1 aromatic rings. The summed E-state index contributed by atoms with van der Waals surface area (Å²) < 4.78 is 23.9. The normalized spacial score (nSPS) is 9.88. The zero-order chi connectivity index (χ0) is 11.8. The highest BCUT2D eigenvalue weighted by Crippen LogP contribution is 2.22. The molecule has 2 nitrogen and oxygen atoms in total. The van der Waals surface area contributed by atoms with Crippen molar-refractivity contribution < 1.29 is 13.9 Å². The molecule has 88 valence electrons.